The summed E-state index contributed by atoms with van der Waals surface area (Å²) < 4.78 is 38.2. The highest BCUT2D eigenvalue weighted by atomic mass is 32.2. The van der Waals surface area contributed by atoms with E-state index in [0.717, 1.165) is 11.3 Å². The molecule has 1 N–H and O–H groups in total. The predicted molar refractivity (Wildman–Crippen MR) is 71.1 cm³/mol. The van der Waals surface area contributed by atoms with Crippen molar-refractivity contribution in [2.45, 2.75) is 6.54 Å². The van der Waals surface area contributed by atoms with Crippen LogP contribution in [0.4, 0.5) is 0 Å². The highest BCUT2D eigenvalue weighted by molar-refractivity contribution is 7.87. The Morgan fingerprint density at radius 3 is 2.47 bits per heavy atom. The van der Waals surface area contributed by atoms with Gasteiger partial charge in [0.1, 0.15) is 5.75 Å². The third-order valence-corrected chi connectivity index (χ3v) is 4.48. The predicted octanol–water partition coefficient (Wildman–Crippen LogP) is 0.362. The van der Waals surface area contributed by atoms with Crippen LogP contribution in [0, 0.1) is 0 Å². The topological polar surface area (TPSA) is 67.9 Å². The highest BCUT2D eigenvalue weighted by Crippen LogP contribution is 2.11. The summed E-state index contributed by atoms with van der Waals surface area (Å²) in [7, 11) is -1.83. The first-order valence-corrected chi connectivity index (χ1v) is 7.51. The van der Waals surface area contributed by atoms with Crippen LogP contribution in [0.5, 0.6) is 5.75 Å². The molecule has 0 unspecified atom stereocenters. The summed E-state index contributed by atoms with van der Waals surface area (Å²) in [5, 5.41) is 0. The Bertz CT molecular complexity index is 495. The molecule has 1 aliphatic rings. The lowest BCUT2D eigenvalue weighted by Gasteiger charge is -2.26. The second kappa shape index (κ2) is 6.33. The molecule has 1 heterocycles. The second-order valence-electron chi connectivity index (χ2n) is 4.19. The van der Waals surface area contributed by atoms with E-state index in [1.54, 1.807) is 19.2 Å². The third-order valence-electron chi connectivity index (χ3n) is 2.93. The maximum Gasteiger partial charge on any atom is 0.279 e. The summed E-state index contributed by atoms with van der Waals surface area (Å²) in [5.41, 5.74) is 0.887. The van der Waals surface area contributed by atoms with Gasteiger partial charge >= 0.3 is 0 Å². The van der Waals surface area contributed by atoms with Gasteiger partial charge < -0.3 is 9.47 Å². The first kappa shape index (κ1) is 14.3. The molecule has 0 saturated carbocycles. The number of benzene rings is 1. The summed E-state index contributed by atoms with van der Waals surface area (Å²) in [4.78, 5) is 0. The minimum absolute atomic E-state index is 0.268. The van der Waals surface area contributed by atoms with Gasteiger partial charge in [-0.25, -0.2) is 0 Å². The molecular weight excluding hydrogens is 268 g/mol. The van der Waals surface area contributed by atoms with Crippen LogP contribution in [0.25, 0.3) is 0 Å². The molecule has 106 valence electrons. The highest BCUT2D eigenvalue weighted by Gasteiger charge is 2.23. The summed E-state index contributed by atoms with van der Waals surface area (Å²) in [6.45, 7) is 1.96. The smallest absolute Gasteiger partial charge is 0.279 e. The Morgan fingerprint density at radius 1 is 1.26 bits per heavy atom. The van der Waals surface area contributed by atoms with Crippen molar-refractivity contribution in [1.82, 2.24) is 9.03 Å². The van der Waals surface area contributed by atoms with Crippen molar-refractivity contribution in [2.24, 2.45) is 0 Å². The maximum atomic E-state index is 12.0. The number of methoxy groups -OCH3 is 1. The lowest BCUT2D eigenvalue weighted by molar-refractivity contribution is 0.0725. The number of nitrogens with zero attached hydrogens (tertiary/aromatic N) is 1. The molecule has 0 aliphatic carbocycles. The fourth-order valence-electron chi connectivity index (χ4n) is 1.80. The van der Waals surface area contributed by atoms with Gasteiger partial charge in [0.25, 0.3) is 10.2 Å². The molecule has 0 spiro atoms. The molecule has 0 aromatic heterocycles. The van der Waals surface area contributed by atoms with E-state index in [2.05, 4.69) is 4.72 Å². The van der Waals surface area contributed by atoms with E-state index in [1.165, 1.54) is 4.31 Å². The van der Waals surface area contributed by atoms with Crippen molar-refractivity contribution in [2.75, 3.05) is 33.4 Å². The molecule has 6 nitrogen and oxygen atoms in total. The Kier molecular flexibility index (Phi) is 4.76. The zero-order valence-corrected chi connectivity index (χ0v) is 11.6. The van der Waals surface area contributed by atoms with Crippen LogP contribution in [-0.2, 0) is 21.5 Å². The normalized spacial score (nSPS) is 17.3. The van der Waals surface area contributed by atoms with E-state index in [9.17, 15) is 8.42 Å². The van der Waals surface area contributed by atoms with Crippen LogP contribution in [-0.4, -0.2) is 46.1 Å². The van der Waals surface area contributed by atoms with Crippen molar-refractivity contribution in [1.29, 1.82) is 0 Å². The summed E-state index contributed by atoms with van der Waals surface area (Å²) in [5.74, 6) is 0.750. The molecular formula is C12H18N2O4S. The van der Waals surface area contributed by atoms with Crippen LogP contribution in [0.3, 0.4) is 0 Å². The van der Waals surface area contributed by atoms with Crippen molar-refractivity contribution >= 4 is 10.2 Å². The number of hydrogen-bond donors (Lipinski definition) is 1. The van der Waals surface area contributed by atoms with Gasteiger partial charge in [-0.2, -0.15) is 17.4 Å². The van der Waals surface area contributed by atoms with Gasteiger partial charge in [-0.05, 0) is 17.7 Å². The lowest BCUT2D eigenvalue weighted by Crippen LogP contribution is -2.46. The van der Waals surface area contributed by atoms with E-state index in [-0.39, 0.29) is 6.54 Å². The molecule has 0 atom stereocenters. The average molecular weight is 286 g/mol. The van der Waals surface area contributed by atoms with E-state index >= 15 is 0 Å². The molecule has 0 radical (unpaired) electrons. The van der Waals surface area contributed by atoms with Crippen LogP contribution in [0.15, 0.2) is 24.3 Å². The number of morpholine rings is 1. The van der Waals surface area contributed by atoms with Crippen LogP contribution in [0.2, 0.25) is 0 Å². The molecule has 1 aromatic carbocycles. The lowest BCUT2D eigenvalue weighted by atomic mass is 10.2. The van der Waals surface area contributed by atoms with Crippen molar-refractivity contribution in [3.63, 3.8) is 0 Å². The van der Waals surface area contributed by atoms with Crippen LogP contribution < -0.4 is 9.46 Å². The minimum Gasteiger partial charge on any atom is -0.497 e. The number of hydrogen-bond acceptors (Lipinski definition) is 4. The largest absolute Gasteiger partial charge is 0.497 e. The van der Waals surface area contributed by atoms with E-state index in [0.29, 0.717) is 26.3 Å². The van der Waals surface area contributed by atoms with Gasteiger partial charge in [-0.15, -0.1) is 0 Å². The Balaban J connectivity index is 1.92. The third kappa shape index (κ3) is 3.90. The Labute approximate surface area is 113 Å². The quantitative estimate of drug-likeness (QED) is 0.849. The van der Waals surface area contributed by atoms with Gasteiger partial charge in [0.2, 0.25) is 0 Å². The van der Waals surface area contributed by atoms with Gasteiger partial charge in [0.15, 0.2) is 0 Å². The van der Waals surface area contributed by atoms with Crippen molar-refractivity contribution < 1.29 is 17.9 Å². The molecule has 0 bridgehead atoms. The maximum absolute atomic E-state index is 12.0. The average Bonchev–Trinajstić information content (AvgIpc) is 2.47. The molecule has 1 aliphatic heterocycles. The molecule has 2 rings (SSSR count). The summed E-state index contributed by atoms with van der Waals surface area (Å²) >= 11 is 0. The zero-order valence-electron chi connectivity index (χ0n) is 10.8. The van der Waals surface area contributed by atoms with Gasteiger partial charge in [0, 0.05) is 19.6 Å². The fourth-order valence-corrected chi connectivity index (χ4v) is 2.96. The molecule has 19 heavy (non-hydrogen) atoms. The number of ether oxygens (including phenoxy) is 2. The molecule has 7 heteroatoms. The SMILES string of the molecule is COc1ccc(CNS(=O)(=O)N2CCOCC2)cc1. The standard InChI is InChI=1S/C12H18N2O4S/c1-17-12-4-2-11(3-5-12)10-13-19(15,16)14-6-8-18-9-7-14/h2-5,13H,6-10H2,1H3. The van der Waals surface area contributed by atoms with Gasteiger partial charge in [-0.1, -0.05) is 12.1 Å². The molecule has 1 saturated heterocycles. The van der Waals surface area contributed by atoms with Crippen molar-refractivity contribution in [3.8, 4) is 5.75 Å². The Morgan fingerprint density at radius 2 is 1.89 bits per heavy atom. The van der Waals surface area contributed by atoms with Crippen LogP contribution in [0.1, 0.15) is 5.56 Å². The van der Waals surface area contributed by atoms with E-state index in [1.807, 2.05) is 12.1 Å². The molecule has 1 fully saturated rings. The Hall–Kier alpha value is -1.15. The monoisotopic (exact) mass is 286 g/mol. The zero-order chi connectivity index (χ0) is 13.7. The first-order chi connectivity index (χ1) is 9.12. The first-order valence-electron chi connectivity index (χ1n) is 6.07. The molecule has 1 aromatic rings. The number of rotatable bonds is 5. The van der Waals surface area contributed by atoms with E-state index in [4.69, 9.17) is 9.47 Å². The fraction of sp³-hybridized carbons (Fsp3) is 0.500. The van der Waals surface area contributed by atoms with Crippen LogP contribution >= 0.6 is 0 Å². The summed E-state index contributed by atoms with van der Waals surface area (Å²) in [6, 6.07) is 7.28. The van der Waals surface area contributed by atoms with Gasteiger partial charge in [0.05, 0.1) is 20.3 Å². The number of nitrogens with one attached hydrogen (secondary N) is 1. The van der Waals surface area contributed by atoms with E-state index < -0.39 is 10.2 Å². The minimum atomic E-state index is -3.43. The van der Waals surface area contributed by atoms with Crippen molar-refractivity contribution in [3.05, 3.63) is 29.8 Å². The second-order valence-corrected chi connectivity index (χ2v) is 5.94. The summed E-state index contributed by atoms with van der Waals surface area (Å²) in [6.07, 6.45) is 0. The molecule has 0 amide bonds. The van der Waals surface area contributed by atoms with Gasteiger partial charge in [-0.3, -0.25) is 0 Å².